The monoisotopic (exact) mass is 341 g/mol. The molecule has 0 radical (unpaired) electrons. The summed E-state index contributed by atoms with van der Waals surface area (Å²) < 4.78 is 13.9. The SMILES string of the molecule is CC(C)[C@H]1CN(Cc2ccccc2F)CCN1C(=O)c1ccccn1. The lowest BCUT2D eigenvalue weighted by atomic mass is 9.98. The number of pyridine rings is 1. The molecule has 1 amide bonds. The van der Waals surface area contributed by atoms with Gasteiger partial charge in [-0.15, -0.1) is 0 Å². The van der Waals surface area contributed by atoms with Crippen LogP contribution in [0.3, 0.4) is 0 Å². The van der Waals surface area contributed by atoms with Crippen LogP contribution in [0.5, 0.6) is 0 Å². The number of hydrogen-bond acceptors (Lipinski definition) is 3. The van der Waals surface area contributed by atoms with Crippen molar-refractivity contribution < 1.29 is 9.18 Å². The van der Waals surface area contributed by atoms with Crippen LogP contribution in [0.15, 0.2) is 48.7 Å². The van der Waals surface area contributed by atoms with Crippen LogP contribution in [0.1, 0.15) is 29.9 Å². The zero-order chi connectivity index (χ0) is 17.8. The average Bonchev–Trinajstić information content (AvgIpc) is 2.63. The molecule has 1 fully saturated rings. The molecule has 1 aliphatic heterocycles. The van der Waals surface area contributed by atoms with Gasteiger partial charge in [0.1, 0.15) is 11.5 Å². The van der Waals surface area contributed by atoms with Crippen molar-refractivity contribution in [1.82, 2.24) is 14.8 Å². The first kappa shape index (κ1) is 17.5. The fourth-order valence-electron chi connectivity index (χ4n) is 3.34. The van der Waals surface area contributed by atoms with Gasteiger partial charge in [-0.2, -0.15) is 0 Å². The molecule has 1 atom stereocenters. The molecule has 0 N–H and O–H groups in total. The van der Waals surface area contributed by atoms with Crippen LogP contribution in [0.25, 0.3) is 0 Å². The standard InChI is InChI=1S/C20H24FN3O/c1-15(2)19-14-23(13-16-7-3-4-8-17(16)21)11-12-24(19)20(25)18-9-5-6-10-22-18/h3-10,15,19H,11-14H2,1-2H3/t19-/m1/s1. The minimum absolute atomic E-state index is 0.0233. The van der Waals surface area contributed by atoms with Crippen molar-refractivity contribution in [2.45, 2.75) is 26.4 Å². The number of hydrogen-bond donors (Lipinski definition) is 0. The summed E-state index contributed by atoms with van der Waals surface area (Å²) >= 11 is 0. The normalized spacial score (nSPS) is 18.6. The molecule has 0 aliphatic carbocycles. The largest absolute Gasteiger partial charge is 0.331 e. The van der Waals surface area contributed by atoms with E-state index in [0.29, 0.717) is 30.3 Å². The van der Waals surface area contributed by atoms with Crippen molar-refractivity contribution in [3.63, 3.8) is 0 Å². The Bertz CT molecular complexity index is 720. The molecule has 1 aliphatic rings. The van der Waals surface area contributed by atoms with Crippen LogP contribution < -0.4 is 0 Å². The molecule has 2 heterocycles. The zero-order valence-corrected chi connectivity index (χ0v) is 14.7. The number of amides is 1. The second kappa shape index (κ2) is 7.74. The van der Waals surface area contributed by atoms with E-state index in [1.54, 1.807) is 18.3 Å². The summed E-state index contributed by atoms with van der Waals surface area (Å²) in [5, 5.41) is 0. The summed E-state index contributed by atoms with van der Waals surface area (Å²) in [6.07, 6.45) is 1.64. The lowest BCUT2D eigenvalue weighted by molar-refractivity contribution is 0.0321. The highest BCUT2D eigenvalue weighted by Gasteiger charge is 2.33. The van der Waals surface area contributed by atoms with Gasteiger partial charge in [-0.1, -0.05) is 38.1 Å². The van der Waals surface area contributed by atoms with E-state index in [1.165, 1.54) is 6.07 Å². The summed E-state index contributed by atoms with van der Waals surface area (Å²) in [6.45, 7) is 6.92. The lowest BCUT2D eigenvalue weighted by Gasteiger charge is -2.43. The Balaban J connectivity index is 1.73. The third-order valence-corrected chi connectivity index (χ3v) is 4.77. The molecule has 0 saturated carbocycles. The second-order valence-corrected chi connectivity index (χ2v) is 6.85. The zero-order valence-electron chi connectivity index (χ0n) is 14.7. The van der Waals surface area contributed by atoms with E-state index in [9.17, 15) is 9.18 Å². The minimum atomic E-state index is -0.171. The van der Waals surface area contributed by atoms with Crippen molar-refractivity contribution in [3.8, 4) is 0 Å². The van der Waals surface area contributed by atoms with Crippen LogP contribution in [-0.2, 0) is 6.54 Å². The van der Waals surface area contributed by atoms with Crippen LogP contribution in [-0.4, -0.2) is 46.4 Å². The Morgan fingerprint density at radius 3 is 2.64 bits per heavy atom. The topological polar surface area (TPSA) is 36.4 Å². The number of carbonyl (C=O) groups excluding carboxylic acids is 1. The third-order valence-electron chi connectivity index (χ3n) is 4.77. The number of carbonyl (C=O) groups is 1. The Labute approximate surface area is 148 Å². The average molecular weight is 341 g/mol. The van der Waals surface area contributed by atoms with Crippen LogP contribution >= 0.6 is 0 Å². The van der Waals surface area contributed by atoms with Crippen molar-refractivity contribution in [1.29, 1.82) is 0 Å². The van der Waals surface area contributed by atoms with Gasteiger partial charge in [0.05, 0.1) is 0 Å². The number of benzene rings is 1. The van der Waals surface area contributed by atoms with Crippen LogP contribution in [0.4, 0.5) is 4.39 Å². The summed E-state index contributed by atoms with van der Waals surface area (Å²) in [7, 11) is 0. The molecule has 2 aromatic rings. The van der Waals surface area contributed by atoms with E-state index in [2.05, 4.69) is 23.7 Å². The summed E-state index contributed by atoms with van der Waals surface area (Å²) in [6, 6.07) is 12.4. The van der Waals surface area contributed by atoms with E-state index >= 15 is 0 Å². The maximum atomic E-state index is 13.9. The van der Waals surface area contributed by atoms with Gasteiger partial charge in [0.15, 0.2) is 0 Å². The molecule has 1 saturated heterocycles. The Morgan fingerprint density at radius 1 is 1.20 bits per heavy atom. The smallest absolute Gasteiger partial charge is 0.272 e. The second-order valence-electron chi connectivity index (χ2n) is 6.85. The van der Waals surface area contributed by atoms with Gasteiger partial charge < -0.3 is 4.90 Å². The molecule has 0 bridgehead atoms. The van der Waals surface area contributed by atoms with Gasteiger partial charge in [0.2, 0.25) is 0 Å². The van der Waals surface area contributed by atoms with Gasteiger partial charge in [0, 0.05) is 44.0 Å². The summed E-state index contributed by atoms with van der Waals surface area (Å²) in [5.74, 6) is 0.122. The lowest BCUT2D eigenvalue weighted by Crippen LogP contribution is -2.56. The maximum Gasteiger partial charge on any atom is 0.272 e. The first-order chi connectivity index (χ1) is 12.1. The summed E-state index contributed by atoms with van der Waals surface area (Å²) in [4.78, 5) is 21.2. The number of rotatable bonds is 4. The van der Waals surface area contributed by atoms with E-state index < -0.39 is 0 Å². The van der Waals surface area contributed by atoms with Crippen LogP contribution in [0, 0.1) is 11.7 Å². The molecule has 4 nitrogen and oxygen atoms in total. The van der Waals surface area contributed by atoms with E-state index in [4.69, 9.17) is 0 Å². The number of nitrogens with zero attached hydrogens (tertiary/aromatic N) is 3. The van der Waals surface area contributed by atoms with E-state index in [0.717, 1.165) is 13.1 Å². The van der Waals surface area contributed by atoms with E-state index in [-0.39, 0.29) is 17.8 Å². The first-order valence-electron chi connectivity index (χ1n) is 8.74. The maximum absolute atomic E-state index is 13.9. The minimum Gasteiger partial charge on any atom is -0.331 e. The highest BCUT2D eigenvalue weighted by molar-refractivity contribution is 5.92. The molecule has 3 rings (SSSR count). The highest BCUT2D eigenvalue weighted by Crippen LogP contribution is 2.21. The van der Waals surface area contributed by atoms with Crippen molar-refractivity contribution in [2.24, 2.45) is 5.92 Å². The third kappa shape index (κ3) is 4.04. The van der Waals surface area contributed by atoms with Crippen molar-refractivity contribution >= 4 is 5.91 Å². The van der Waals surface area contributed by atoms with Crippen molar-refractivity contribution in [2.75, 3.05) is 19.6 Å². The molecular weight excluding hydrogens is 317 g/mol. The molecule has 1 aromatic carbocycles. The van der Waals surface area contributed by atoms with E-state index in [1.807, 2.05) is 29.2 Å². The fourth-order valence-corrected chi connectivity index (χ4v) is 3.34. The predicted octanol–water partition coefficient (Wildman–Crippen LogP) is 3.20. The molecule has 5 heteroatoms. The highest BCUT2D eigenvalue weighted by atomic mass is 19.1. The first-order valence-corrected chi connectivity index (χ1v) is 8.74. The van der Waals surface area contributed by atoms with Gasteiger partial charge >= 0.3 is 0 Å². The van der Waals surface area contributed by atoms with Gasteiger partial charge in [-0.05, 0) is 24.1 Å². The van der Waals surface area contributed by atoms with Crippen molar-refractivity contribution in [3.05, 3.63) is 65.7 Å². The fraction of sp³-hybridized carbons (Fsp3) is 0.400. The molecule has 25 heavy (non-hydrogen) atoms. The Hall–Kier alpha value is -2.27. The quantitative estimate of drug-likeness (QED) is 0.857. The molecular formula is C20H24FN3O. The number of aromatic nitrogens is 1. The van der Waals surface area contributed by atoms with Gasteiger partial charge in [-0.3, -0.25) is 14.7 Å². The molecule has 132 valence electrons. The Kier molecular flexibility index (Phi) is 5.43. The van der Waals surface area contributed by atoms with Gasteiger partial charge in [0.25, 0.3) is 5.91 Å². The molecule has 0 spiro atoms. The van der Waals surface area contributed by atoms with Gasteiger partial charge in [-0.25, -0.2) is 4.39 Å². The molecule has 0 unspecified atom stereocenters. The summed E-state index contributed by atoms with van der Waals surface area (Å²) in [5.41, 5.74) is 1.19. The Morgan fingerprint density at radius 2 is 1.96 bits per heavy atom. The van der Waals surface area contributed by atoms with Crippen LogP contribution in [0.2, 0.25) is 0 Å². The molecule has 1 aromatic heterocycles. The predicted molar refractivity (Wildman–Crippen MR) is 95.6 cm³/mol. The number of piperazine rings is 1. The number of halogens is 1.